The summed E-state index contributed by atoms with van der Waals surface area (Å²) in [7, 11) is 0. The largest absolute Gasteiger partial charge is 0.445 e. The predicted molar refractivity (Wildman–Crippen MR) is 53.5 cm³/mol. The number of nitrogens with one attached hydrogen (secondary N) is 1. The molecule has 3 heteroatoms. The zero-order valence-corrected chi connectivity index (χ0v) is 7.77. The predicted octanol–water partition coefficient (Wildman–Crippen LogP) is 1.90. The van der Waals surface area contributed by atoms with Crippen LogP contribution in [0.3, 0.4) is 0 Å². The lowest BCUT2D eigenvalue weighted by molar-refractivity contribution is 0.140. The minimum absolute atomic E-state index is 0.275. The van der Waals surface area contributed by atoms with E-state index in [1.165, 1.54) is 6.08 Å². The first kappa shape index (κ1) is 10.2. The highest BCUT2D eigenvalue weighted by Crippen LogP contribution is 2.00. The molecule has 0 saturated heterocycles. The maximum Gasteiger partial charge on any atom is 0.407 e. The Labute approximate surface area is 83.4 Å². The summed E-state index contributed by atoms with van der Waals surface area (Å²) in [5, 5.41) is 2.46. The third-order valence-electron chi connectivity index (χ3n) is 1.58. The van der Waals surface area contributed by atoms with Crippen molar-refractivity contribution in [2.75, 3.05) is 6.54 Å². The van der Waals surface area contributed by atoms with Crippen LogP contribution in [0.5, 0.6) is 0 Å². The monoisotopic (exact) mass is 190 g/mol. The highest BCUT2D eigenvalue weighted by atomic mass is 16.5. The molecule has 1 amide bonds. The normalized spacial score (nSPS) is 9.07. The second kappa shape index (κ2) is 5.73. The first-order chi connectivity index (χ1) is 6.83. The van der Waals surface area contributed by atoms with E-state index in [1.54, 1.807) is 0 Å². The molecule has 0 aromatic heterocycles. The number of benzene rings is 1. The highest BCUT2D eigenvalue weighted by Gasteiger charge is 2.00. The van der Waals surface area contributed by atoms with Crippen LogP contribution >= 0.6 is 0 Å². The van der Waals surface area contributed by atoms with Crippen molar-refractivity contribution in [1.82, 2.24) is 5.32 Å². The molecule has 1 N–H and O–H groups in total. The quantitative estimate of drug-likeness (QED) is 0.736. The molecule has 0 aliphatic heterocycles. The van der Waals surface area contributed by atoms with E-state index in [-0.39, 0.29) is 6.61 Å². The summed E-state index contributed by atoms with van der Waals surface area (Å²) in [5.74, 6) is 0. The first-order valence-corrected chi connectivity index (χ1v) is 4.31. The van der Waals surface area contributed by atoms with Gasteiger partial charge in [0.1, 0.15) is 6.61 Å². The van der Waals surface area contributed by atoms with Crippen molar-refractivity contribution in [2.45, 2.75) is 6.61 Å². The molecular weight excluding hydrogens is 178 g/mol. The summed E-state index contributed by atoms with van der Waals surface area (Å²) >= 11 is 0. The molecule has 1 aromatic carbocycles. The van der Waals surface area contributed by atoms with Crippen LogP contribution in [-0.4, -0.2) is 12.6 Å². The van der Waals surface area contributed by atoms with Crippen molar-refractivity contribution in [3.63, 3.8) is 0 Å². The zero-order valence-electron chi connectivity index (χ0n) is 7.77. The molecule has 0 atom stereocenters. The van der Waals surface area contributed by atoms with E-state index in [9.17, 15) is 4.79 Å². The number of alkyl carbamates (subject to hydrolysis) is 1. The van der Waals surface area contributed by atoms with Crippen LogP contribution in [0.4, 0.5) is 4.79 Å². The fourth-order valence-corrected chi connectivity index (χ4v) is 0.916. The van der Waals surface area contributed by atoms with Gasteiger partial charge in [0.2, 0.25) is 6.58 Å². The molecule has 1 aromatic rings. The van der Waals surface area contributed by atoms with Gasteiger partial charge in [-0.2, -0.15) is 0 Å². The standard InChI is InChI=1S/C11H11NO2/c1-2-8-12-11(13)14-9-10-6-4-3-5-7-10/h1-7H,8-9H2/p+1. The number of hydrogen-bond acceptors (Lipinski definition) is 2. The minimum atomic E-state index is -0.462. The molecule has 0 bridgehead atoms. The van der Waals surface area contributed by atoms with Crippen LogP contribution in [0.1, 0.15) is 5.56 Å². The van der Waals surface area contributed by atoms with Gasteiger partial charge in [0.25, 0.3) is 0 Å². The molecule has 1 rings (SSSR count). The molecule has 14 heavy (non-hydrogen) atoms. The fraction of sp³-hybridized carbons (Fsp3) is 0.182. The summed E-state index contributed by atoms with van der Waals surface area (Å²) in [6, 6.07) is 9.48. The van der Waals surface area contributed by atoms with Gasteiger partial charge in [-0.1, -0.05) is 30.3 Å². The van der Waals surface area contributed by atoms with Crippen LogP contribution in [-0.2, 0) is 11.3 Å². The van der Waals surface area contributed by atoms with Crippen LogP contribution in [0.15, 0.2) is 36.4 Å². The molecule has 0 aliphatic carbocycles. The minimum Gasteiger partial charge on any atom is -0.445 e. The average molecular weight is 190 g/mol. The third-order valence-corrected chi connectivity index (χ3v) is 1.58. The third kappa shape index (κ3) is 3.70. The lowest BCUT2D eigenvalue weighted by Gasteiger charge is -2.03. The summed E-state index contributed by atoms with van der Waals surface area (Å²) in [6.07, 6.45) is 0.889. The van der Waals surface area contributed by atoms with Gasteiger partial charge in [0.05, 0.1) is 6.54 Å². The second-order valence-corrected chi connectivity index (χ2v) is 2.68. The van der Waals surface area contributed by atoms with Crippen molar-refractivity contribution in [1.29, 1.82) is 0 Å². The number of carbonyl (C=O) groups is 1. The Morgan fingerprint density at radius 2 is 2.14 bits per heavy atom. The van der Waals surface area contributed by atoms with Crippen molar-refractivity contribution in [2.24, 2.45) is 0 Å². The Kier molecular flexibility index (Phi) is 4.18. The molecule has 72 valence electrons. The van der Waals surface area contributed by atoms with Gasteiger partial charge in [0, 0.05) is 0 Å². The van der Waals surface area contributed by atoms with Gasteiger partial charge in [-0.15, -0.1) is 0 Å². The maximum atomic E-state index is 11.0. The lowest BCUT2D eigenvalue weighted by Crippen LogP contribution is -2.23. The Bertz CT molecular complexity index is 295. The van der Waals surface area contributed by atoms with Crippen molar-refractivity contribution < 1.29 is 9.53 Å². The number of ether oxygens (including phenoxy) is 1. The van der Waals surface area contributed by atoms with Crippen LogP contribution in [0.2, 0.25) is 0 Å². The topological polar surface area (TPSA) is 38.3 Å². The number of amides is 1. The van der Waals surface area contributed by atoms with Crippen LogP contribution < -0.4 is 5.32 Å². The zero-order chi connectivity index (χ0) is 10.2. The van der Waals surface area contributed by atoms with Gasteiger partial charge in [0.15, 0.2) is 6.08 Å². The van der Waals surface area contributed by atoms with E-state index in [2.05, 4.69) is 5.32 Å². The molecular formula is C11H12NO2+. The SMILES string of the molecule is [CH+]=CCNC(=O)OCc1ccccc1. The molecule has 0 spiro atoms. The van der Waals surface area contributed by atoms with Gasteiger partial charge >= 0.3 is 6.09 Å². The molecule has 3 nitrogen and oxygen atoms in total. The smallest absolute Gasteiger partial charge is 0.407 e. The lowest BCUT2D eigenvalue weighted by atomic mass is 10.2. The highest BCUT2D eigenvalue weighted by molar-refractivity contribution is 5.67. The van der Waals surface area contributed by atoms with Gasteiger partial charge in [-0.25, -0.2) is 4.79 Å². The molecule has 0 radical (unpaired) electrons. The van der Waals surface area contributed by atoms with E-state index in [0.29, 0.717) is 6.54 Å². The molecule has 0 unspecified atom stereocenters. The van der Waals surface area contributed by atoms with Crippen molar-refractivity contribution in [3.05, 3.63) is 48.6 Å². The number of rotatable bonds is 4. The second-order valence-electron chi connectivity index (χ2n) is 2.68. The fourth-order valence-electron chi connectivity index (χ4n) is 0.916. The summed E-state index contributed by atoms with van der Waals surface area (Å²) in [6.45, 7) is 5.68. The average Bonchev–Trinajstić information content (AvgIpc) is 2.25. The van der Waals surface area contributed by atoms with E-state index >= 15 is 0 Å². The Balaban J connectivity index is 2.27. The van der Waals surface area contributed by atoms with Crippen molar-refractivity contribution >= 4 is 6.09 Å². The maximum absolute atomic E-state index is 11.0. The molecule has 0 heterocycles. The van der Waals surface area contributed by atoms with Crippen LogP contribution in [0.25, 0.3) is 0 Å². The van der Waals surface area contributed by atoms with E-state index in [1.807, 2.05) is 30.3 Å². The van der Waals surface area contributed by atoms with Gasteiger partial charge < -0.3 is 10.1 Å². The Morgan fingerprint density at radius 3 is 2.79 bits per heavy atom. The van der Waals surface area contributed by atoms with Gasteiger partial charge in [-0.05, 0) is 5.56 Å². The summed E-state index contributed by atoms with van der Waals surface area (Å²) < 4.78 is 4.90. The molecule has 0 aliphatic rings. The Hall–Kier alpha value is -1.86. The summed E-state index contributed by atoms with van der Waals surface area (Å²) in [4.78, 5) is 11.0. The van der Waals surface area contributed by atoms with E-state index in [0.717, 1.165) is 5.56 Å². The molecule has 0 fully saturated rings. The Morgan fingerprint density at radius 1 is 1.43 bits per heavy atom. The molecule has 0 saturated carbocycles. The number of hydrogen-bond donors (Lipinski definition) is 1. The first-order valence-electron chi connectivity index (χ1n) is 4.31. The number of carbonyl (C=O) groups excluding carboxylic acids is 1. The van der Waals surface area contributed by atoms with Crippen molar-refractivity contribution in [3.8, 4) is 0 Å². The van der Waals surface area contributed by atoms with Crippen LogP contribution in [0, 0.1) is 6.58 Å². The van der Waals surface area contributed by atoms with E-state index in [4.69, 9.17) is 11.3 Å². The van der Waals surface area contributed by atoms with Gasteiger partial charge in [-0.3, -0.25) is 0 Å². The summed E-state index contributed by atoms with van der Waals surface area (Å²) in [5.41, 5.74) is 0.958. The van der Waals surface area contributed by atoms with E-state index < -0.39 is 6.09 Å².